The fraction of sp³-hybridized carbons (Fsp3) is 0.846. The lowest BCUT2D eigenvalue weighted by molar-refractivity contribution is 0.409. The zero-order valence-corrected chi connectivity index (χ0v) is 9.65. The zero-order chi connectivity index (χ0) is 10.2. The van der Waals surface area contributed by atoms with Crippen LogP contribution < -0.4 is 5.32 Å². The average Bonchev–Trinajstić information content (AvgIpc) is 2.25. The highest BCUT2D eigenvalue weighted by molar-refractivity contribution is 5.02. The van der Waals surface area contributed by atoms with E-state index in [-0.39, 0.29) is 0 Å². The Kier molecular flexibility index (Phi) is 5.93. The second-order valence-corrected chi connectivity index (χ2v) is 4.49. The Morgan fingerprint density at radius 3 is 2.57 bits per heavy atom. The van der Waals surface area contributed by atoms with Crippen molar-refractivity contribution in [3.63, 3.8) is 0 Å². The van der Waals surface area contributed by atoms with Gasteiger partial charge in [-0.2, -0.15) is 0 Å². The normalized spacial score (nSPS) is 18.4. The zero-order valence-electron chi connectivity index (χ0n) is 9.65. The quantitative estimate of drug-likeness (QED) is 0.505. The van der Waals surface area contributed by atoms with Gasteiger partial charge in [-0.05, 0) is 44.7 Å². The molecule has 0 aromatic heterocycles. The van der Waals surface area contributed by atoms with Gasteiger partial charge in [0.25, 0.3) is 0 Å². The van der Waals surface area contributed by atoms with Crippen LogP contribution in [0.2, 0.25) is 0 Å². The molecule has 1 N–H and O–H groups in total. The topological polar surface area (TPSA) is 12.0 Å². The fourth-order valence-electron chi connectivity index (χ4n) is 2.21. The Hall–Kier alpha value is -0.300. The molecule has 0 aliphatic carbocycles. The van der Waals surface area contributed by atoms with Crippen LogP contribution in [0.1, 0.15) is 51.9 Å². The first-order chi connectivity index (χ1) is 6.84. The number of piperidine rings is 1. The second kappa shape index (κ2) is 7.05. The number of allylic oxidation sites excluding steroid dienone is 1. The fourth-order valence-corrected chi connectivity index (χ4v) is 2.21. The van der Waals surface area contributed by atoms with Crippen LogP contribution in [0.25, 0.3) is 0 Å². The summed E-state index contributed by atoms with van der Waals surface area (Å²) >= 11 is 0. The summed E-state index contributed by atoms with van der Waals surface area (Å²) in [5, 5.41) is 3.40. The summed E-state index contributed by atoms with van der Waals surface area (Å²) in [5.41, 5.74) is 1.52. The van der Waals surface area contributed by atoms with Crippen LogP contribution in [-0.2, 0) is 0 Å². The molecule has 1 heteroatoms. The van der Waals surface area contributed by atoms with Crippen molar-refractivity contribution in [2.75, 3.05) is 13.1 Å². The molecular formula is C13H25N. The Morgan fingerprint density at radius 2 is 1.93 bits per heavy atom. The van der Waals surface area contributed by atoms with E-state index >= 15 is 0 Å². The number of nitrogens with one attached hydrogen (secondary N) is 1. The van der Waals surface area contributed by atoms with Crippen LogP contribution in [-0.4, -0.2) is 13.1 Å². The van der Waals surface area contributed by atoms with Crippen molar-refractivity contribution < 1.29 is 0 Å². The largest absolute Gasteiger partial charge is 0.317 e. The van der Waals surface area contributed by atoms with Gasteiger partial charge in [-0.25, -0.2) is 0 Å². The van der Waals surface area contributed by atoms with Gasteiger partial charge in [0, 0.05) is 0 Å². The summed E-state index contributed by atoms with van der Waals surface area (Å²) in [6, 6.07) is 0. The maximum atomic E-state index is 4.25. The molecule has 82 valence electrons. The van der Waals surface area contributed by atoms with E-state index in [4.69, 9.17) is 0 Å². The van der Waals surface area contributed by atoms with Gasteiger partial charge in [-0.1, -0.05) is 38.3 Å². The van der Waals surface area contributed by atoms with Crippen LogP contribution >= 0.6 is 0 Å². The van der Waals surface area contributed by atoms with Crippen LogP contribution in [0.15, 0.2) is 12.2 Å². The van der Waals surface area contributed by atoms with Gasteiger partial charge >= 0.3 is 0 Å². The first kappa shape index (κ1) is 11.8. The van der Waals surface area contributed by atoms with E-state index < -0.39 is 0 Å². The first-order valence-electron chi connectivity index (χ1n) is 6.23. The summed E-state index contributed by atoms with van der Waals surface area (Å²) in [5.74, 6) is 0.817. The number of rotatable bonds is 6. The third-order valence-electron chi connectivity index (χ3n) is 3.27. The highest BCUT2D eigenvalue weighted by Crippen LogP contribution is 2.24. The molecule has 0 atom stereocenters. The van der Waals surface area contributed by atoms with Gasteiger partial charge in [0.15, 0.2) is 0 Å². The molecule has 0 radical (unpaired) electrons. The molecule has 1 fully saturated rings. The minimum Gasteiger partial charge on any atom is -0.317 e. The van der Waals surface area contributed by atoms with Crippen molar-refractivity contribution in [1.82, 2.24) is 5.32 Å². The van der Waals surface area contributed by atoms with Gasteiger partial charge < -0.3 is 5.32 Å². The maximum absolute atomic E-state index is 4.25. The summed E-state index contributed by atoms with van der Waals surface area (Å²) in [6.07, 6.45) is 9.36. The molecular weight excluding hydrogens is 170 g/mol. The Balaban J connectivity index is 2.07. The molecule has 14 heavy (non-hydrogen) atoms. The first-order valence-corrected chi connectivity index (χ1v) is 6.23. The number of unbranched alkanes of at least 4 members (excludes halogenated alkanes) is 3. The smallest absolute Gasteiger partial charge is 0.00432 e. The predicted octanol–water partition coefficient (Wildman–Crippen LogP) is 3.51. The molecule has 1 nitrogen and oxygen atoms in total. The molecule has 0 aromatic rings. The van der Waals surface area contributed by atoms with Gasteiger partial charge in [0.05, 0.1) is 0 Å². The van der Waals surface area contributed by atoms with Crippen molar-refractivity contribution in [1.29, 1.82) is 0 Å². The minimum atomic E-state index is 0.817. The van der Waals surface area contributed by atoms with Crippen LogP contribution in [0, 0.1) is 5.92 Å². The monoisotopic (exact) mass is 195 g/mol. The molecule has 1 aliphatic heterocycles. The van der Waals surface area contributed by atoms with Gasteiger partial charge in [0.1, 0.15) is 0 Å². The molecule has 0 spiro atoms. The Bertz CT molecular complexity index is 157. The van der Waals surface area contributed by atoms with E-state index in [0.29, 0.717) is 0 Å². The molecule has 1 heterocycles. The lowest BCUT2D eigenvalue weighted by Gasteiger charge is -2.24. The van der Waals surface area contributed by atoms with Crippen molar-refractivity contribution >= 4 is 0 Å². The molecule has 1 rings (SSSR count). The highest BCUT2D eigenvalue weighted by atomic mass is 14.9. The van der Waals surface area contributed by atoms with E-state index in [2.05, 4.69) is 18.8 Å². The van der Waals surface area contributed by atoms with Crippen molar-refractivity contribution in [3.8, 4) is 0 Å². The van der Waals surface area contributed by atoms with Gasteiger partial charge in [-0.3, -0.25) is 0 Å². The molecule has 0 bridgehead atoms. The molecule has 1 saturated heterocycles. The molecule has 0 unspecified atom stereocenters. The SMILES string of the molecule is C=C(CCCCCC)C1CCNCC1. The van der Waals surface area contributed by atoms with E-state index in [1.165, 1.54) is 63.6 Å². The number of hydrogen-bond acceptors (Lipinski definition) is 1. The third kappa shape index (κ3) is 4.28. The predicted molar refractivity (Wildman–Crippen MR) is 63.5 cm³/mol. The lowest BCUT2D eigenvalue weighted by atomic mass is 9.88. The van der Waals surface area contributed by atoms with Gasteiger partial charge in [-0.15, -0.1) is 0 Å². The Labute approximate surface area is 89.0 Å². The van der Waals surface area contributed by atoms with Crippen molar-refractivity contribution in [3.05, 3.63) is 12.2 Å². The minimum absolute atomic E-state index is 0.817. The number of hydrogen-bond donors (Lipinski definition) is 1. The van der Waals surface area contributed by atoms with Crippen molar-refractivity contribution in [2.45, 2.75) is 51.9 Å². The molecule has 0 aromatic carbocycles. The van der Waals surface area contributed by atoms with E-state index in [1.807, 2.05) is 0 Å². The highest BCUT2D eigenvalue weighted by Gasteiger charge is 2.15. The van der Waals surface area contributed by atoms with Crippen LogP contribution in [0.4, 0.5) is 0 Å². The Morgan fingerprint density at radius 1 is 1.21 bits per heavy atom. The van der Waals surface area contributed by atoms with Crippen LogP contribution in [0.3, 0.4) is 0 Å². The lowest BCUT2D eigenvalue weighted by Crippen LogP contribution is -2.28. The summed E-state index contributed by atoms with van der Waals surface area (Å²) in [4.78, 5) is 0. The molecule has 0 saturated carbocycles. The van der Waals surface area contributed by atoms with E-state index in [1.54, 1.807) is 0 Å². The maximum Gasteiger partial charge on any atom is -0.00432 e. The van der Waals surface area contributed by atoms with E-state index in [9.17, 15) is 0 Å². The third-order valence-corrected chi connectivity index (χ3v) is 3.27. The molecule has 0 amide bonds. The van der Waals surface area contributed by atoms with E-state index in [0.717, 1.165) is 5.92 Å². The molecule has 1 aliphatic rings. The van der Waals surface area contributed by atoms with Gasteiger partial charge in [0.2, 0.25) is 0 Å². The standard InChI is InChI=1S/C13H25N/c1-3-4-5-6-7-12(2)13-8-10-14-11-9-13/h13-14H,2-11H2,1H3. The van der Waals surface area contributed by atoms with Crippen molar-refractivity contribution in [2.24, 2.45) is 5.92 Å². The average molecular weight is 195 g/mol. The summed E-state index contributed by atoms with van der Waals surface area (Å²) in [7, 11) is 0. The second-order valence-electron chi connectivity index (χ2n) is 4.49. The summed E-state index contributed by atoms with van der Waals surface area (Å²) in [6.45, 7) is 8.90. The summed E-state index contributed by atoms with van der Waals surface area (Å²) < 4.78 is 0. The van der Waals surface area contributed by atoms with Crippen LogP contribution in [0.5, 0.6) is 0 Å².